The van der Waals surface area contributed by atoms with E-state index in [1.54, 1.807) is 22.0 Å². The van der Waals surface area contributed by atoms with Gasteiger partial charge in [-0.05, 0) is 27.7 Å². The van der Waals surface area contributed by atoms with E-state index in [9.17, 15) is 4.79 Å². The van der Waals surface area contributed by atoms with Gasteiger partial charge in [-0.15, -0.1) is 0 Å². The molecule has 1 N–H and O–H groups in total. The van der Waals surface area contributed by atoms with Crippen molar-refractivity contribution in [3.63, 3.8) is 0 Å². The Kier molecular flexibility index (Phi) is 4.25. The van der Waals surface area contributed by atoms with Crippen LogP contribution in [0.2, 0.25) is 0 Å². The van der Waals surface area contributed by atoms with Crippen LogP contribution in [0.3, 0.4) is 0 Å². The number of rotatable bonds is 5. The Balaban J connectivity index is 1.52. The summed E-state index contributed by atoms with van der Waals surface area (Å²) in [5, 5.41) is 20.7. The van der Waals surface area contributed by atoms with Crippen LogP contribution < -0.4 is 4.90 Å². The van der Waals surface area contributed by atoms with Crippen LogP contribution in [0.25, 0.3) is 0 Å². The molecule has 1 fully saturated rings. The van der Waals surface area contributed by atoms with Crippen LogP contribution >= 0.6 is 0 Å². The molecule has 4 rings (SSSR count). The number of aromatic nitrogens is 4. The Morgan fingerprint density at radius 2 is 1.64 bits per heavy atom. The third-order valence-corrected chi connectivity index (χ3v) is 5.00. The zero-order valence-corrected chi connectivity index (χ0v) is 16.2. The first-order valence-corrected chi connectivity index (χ1v) is 8.87. The highest BCUT2D eigenvalue weighted by atomic mass is 16.5. The van der Waals surface area contributed by atoms with Crippen molar-refractivity contribution in [2.24, 2.45) is 0 Å². The van der Waals surface area contributed by atoms with Gasteiger partial charge in [0.15, 0.2) is 0 Å². The van der Waals surface area contributed by atoms with Crippen molar-refractivity contribution in [2.75, 3.05) is 11.4 Å². The Hall–Kier alpha value is -3.43. The molecule has 3 aromatic rings. The Morgan fingerprint density at radius 3 is 2.21 bits per heavy atom. The fourth-order valence-corrected chi connectivity index (χ4v) is 3.33. The minimum absolute atomic E-state index is 0.113. The Bertz CT molecular complexity index is 1020. The first-order chi connectivity index (χ1) is 13.3. The molecule has 10 nitrogen and oxygen atoms in total. The average Bonchev–Trinajstić information content (AvgIpc) is 3.38. The predicted octanol–water partition coefficient (Wildman–Crippen LogP) is 1.92. The van der Waals surface area contributed by atoms with Gasteiger partial charge in [0, 0.05) is 17.3 Å². The predicted molar refractivity (Wildman–Crippen MR) is 98.9 cm³/mol. The number of aryl methyl sites for hydroxylation is 4. The standard InChI is InChI=1S/C18H21N7O3/c1-10-15(12(3)27-21-10)7-23-9-17(26)25(18(23)19)14-5-20-24(6-14)8-16-11(2)22-28-13(16)4/h5-6,19H,7-9H2,1-4H3. The summed E-state index contributed by atoms with van der Waals surface area (Å²) in [6.45, 7) is 8.42. The molecule has 0 radical (unpaired) electrons. The summed E-state index contributed by atoms with van der Waals surface area (Å²) in [6.07, 6.45) is 3.34. The first kappa shape index (κ1) is 18.0. The Labute approximate surface area is 161 Å². The number of hydrogen-bond donors (Lipinski definition) is 1. The molecule has 1 amide bonds. The van der Waals surface area contributed by atoms with E-state index < -0.39 is 0 Å². The van der Waals surface area contributed by atoms with Crippen LogP contribution in [0.15, 0.2) is 21.4 Å². The van der Waals surface area contributed by atoms with Gasteiger partial charge in [0.25, 0.3) is 5.91 Å². The zero-order valence-electron chi connectivity index (χ0n) is 16.2. The fourth-order valence-electron chi connectivity index (χ4n) is 3.33. The lowest BCUT2D eigenvalue weighted by molar-refractivity contribution is -0.116. The molecule has 3 aromatic heterocycles. The molecule has 0 aliphatic carbocycles. The summed E-state index contributed by atoms with van der Waals surface area (Å²) in [5.74, 6) is 1.38. The molecule has 1 aliphatic rings. The van der Waals surface area contributed by atoms with Gasteiger partial charge in [0.2, 0.25) is 5.96 Å². The molecule has 10 heteroatoms. The van der Waals surface area contributed by atoms with Gasteiger partial charge in [-0.25, -0.2) is 4.90 Å². The summed E-state index contributed by atoms with van der Waals surface area (Å²) in [6, 6.07) is 0. The molecule has 4 heterocycles. The average molecular weight is 383 g/mol. The molecule has 0 aromatic carbocycles. The van der Waals surface area contributed by atoms with Crippen molar-refractivity contribution in [2.45, 2.75) is 40.8 Å². The molecule has 0 atom stereocenters. The quantitative estimate of drug-likeness (QED) is 0.715. The minimum Gasteiger partial charge on any atom is -0.361 e. The number of nitrogens with one attached hydrogen (secondary N) is 1. The van der Waals surface area contributed by atoms with Crippen LogP contribution in [-0.4, -0.2) is 43.4 Å². The lowest BCUT2D eigenvalue weighted by Crippen LogP contribution is -2.33. The smallest absolute Gasteiger partial charge is 0.253 e. The van der Waals surface area contributed by atoms with E-state index in [2.05, 4.69) is 15.4 Å². The van der Waals surface area contributed by atoms with Crippen molar-refractivity contribution < 1.29 is 13.8 Å². The molecule has 0 bridgehead atoms. The van der Waals surface area contributed by atoms with Crippen LogP contribution in [0.4, 0.5) is 5.69 Å². The first-order valence-electron chi connectivity index (χ1n) is 8.87. The van der Waals surface area contributed by atoms with Crippen LogP contribution in [0.5, 0.6) is 0 Å². The summed E-state index contributed by atoms with van der Waals surface area (Å²) in [5.41, 5.74) is 3.99. The van der Waals surface area contributed by atoms with Crippen LogP contribution in [-0.2, 0) is 17.9 Å². The van der Waals surface area contributed by atoms with E-state index >= 15 is 0 Å². The van der Waals surface area contributed by atoms with Crippen molar-refractivity contribution in [1.29, 1.82) is 5.41 Å². The van der Waals surface area contributed by atoms with Crippen molar-refractivity contribution in [3.8, 4) is 0 Å². The number of anilines is 1. The van der Waals surface area contributed by atoms with E-state index in [1.807, 2.05) is 27.7 Å². The second-order valence-electron chi connectivity index (χ2n) is 6.91. The lowest BCUT2D eigenvalue weighted by Gasteiger charge is -2.18. The number of hydrogen-bond acceptors (Lipinski definition) is 7. The third kappa shape index (κ3) is 2.96. The largest absolute Gasteiger partial charge is 0.361 e. The maximum atomic E-state index is 12.6. The Morgan fingerprint density at radius 1 is 1.04 bits per heavy atom. The van der Waals surface area contributed by atoms with Crippen LogP contribution in [0, 0.1) is 33.1 Å². The van der Waals surface area contributed by atoms with E-state index in [4.69, 9.17) is 14.5 Å². The van der Waals surface area contributed by atoms with Gasteiger partial charge in [-0.1, -0.05) is 10.3 Å². The second-order valence-corrected chi connectivity index (χ2v) is 6.91. The monoisotopic (exact) mass is 383 g/mol. The SMILES string of the molecule is Cc1noc(C)c1CN1CC(=O)N(c2cnn(Cc3c(C)noc3C)c2)C1=N. The number of guanidine groups is 1. The van der Waals surface area contributed by atoms with Gasteiger partial charge in [-0.2, -0.15) is 5.10 Å². The van der Waals surface area contributed by atoms with E-state index in [-0.39, 0.29) is 18.4 Å². The van der Waals surface area contributed by atoms with Gasteiger partial charge in [-0.3, -0.25) is 14.9 Å². The van der Waals surface area contributed by atoms with E-state index in [1.165, 1.54) is 4.90 Å². The van der Waals surface area contributed by atoms with Gasteiger partial charge in [0.1, 0.15) is 18.1 Å². The summed E-state index contributed by atoms with van der Waals surface area (Å²) >= 11 is 0. The second kappa shape index (κ2) is 6.63. The van der Waals surface area contributed by atoms with Crippen molar-refractivity contribution in [3.05, 3.63) is 46.4 Å². The highest BCUT2D eigenvalue weighted by Crippen LogP contribution is 2.24. The van der Waals surface area contributed by atoms with Crippen LogP contribution in [0.1, 0.15) is 34.0 Å². The summed E-state index contributed by atoms with van der Waals surface area (Å²) < 4.78 is 12.1. The molecule has 28 heavy (non-hydrogen) atoms. The third-order valence-electron chi connectivity index (χ3n) is 5.00. The molecular weight excluding hydrogens is 362 g/mol. The fraction of sp³-hybridized carbons (Fsp3) is 0.389. The van der Waals surface area contributed by atoms with Gasteiger partial charge < -0.3 is 13.9 Å². The summed E-state index contributed by atoms with van der Waals surface area (Å²) in [7, 11) is 0. The number of carbonyl (C=O) groups excluding carboxylic acids is 1. The molecule has 0 saturated carbocycles. The highest BCUT2D eigenvalue weighted by molar-refractivity contribution is 6.20. The molecule has 1 aliphatic heterocycles. The number of amides is 1. The number of nitrogens with zero attached hydrogens (tertiary/aromatic N) is 6. The summed E-state index contributed by atoms with van der Waals surface area (Å²) in [4.78, 5) is 15.6. The highest BCUT2D eigenvalue weighted by Gasteiger charge is 2.35. The van der Waals surface area contributed by atoms with E-state index in [0.717, 1.165) is 28.3 Å². The molecule has 146 valence electrons. The molecule has 1 saturated heterocycles. The number of carbonyl (C=O) groups is 1. The lowest BCUT2D eigenvalue weighted by atomic mass is 10.2. The van der Waals surface area contributed by atoms with Gasteiger partial charge >= 0.3 is 0 Å². The zero-order chi connectivity index (χ0) is 20.0. The van der Waals surface area contributed by atoms with Crippen molar-refractivity contribution >= 4 is 17.6 Å². The van der Waals surface area contributed by atoms with Gasteiger partial charge in [0.05, 0.1) is 36.4 Å². The minimum atomic E-state index is -0.173. The van der Waals surface area contributed by atoms with E-state index in [0.29, 0.717) is 24.5 Å². The normalized spacial score (nSPS) is 14.6. The molecular formula is C18H21N7O3. The maximum Gasteiger partial charge on any atom is 0.253 e. The topological polar surface area (TPSA) is 117 Å². The molecule has 0 spiro atoms. The van der Waals surface area contributed by atoms with Crippen molar-refractivity contribution in [1.82, 2.24) is 25.0 Å². The maximum absolute atomic E-state index is 12.6. The molecule has 0 unspecified atom stereocenters.